The van der Waals surface area contributed by atoms with E-state index in [-0.39, 0.29) is 0 Å². The van der Waals surface area contributed by atoms with E-state index in [1.54, 1.807) is 0 Å². The van der Waals surface area contributed by atoms with Gasteiger partial charge in [-0.25, -0.2) is 0 Å². The largest absolute Gasteiger partial charge is 0.480 e. The Morgan fingerprint density at radius 2 is 0.735 bits per heavy atom. The van der Waals surface area contributed by atoms with Crippen LogP contribution in [0.25, 0.3) is 0 Å². The van der Waals surface area contributed by atoms with Crippen molar-refractivity contribution in [3.8, 4) is 0 Å². The Morgan fingerprint density at radius 3 is 0.971 bits per heavy atom. The fourth-order valence-electron chi connectivity index (χ4n) is 4.43. The Morgan fingerprint density at radius 1 is 0.500 bits per heavy atom. The molecule has 2 atom stereocenters. The van der Waals surface area contributed by atoms with Gasteiger partial charge in [-0.1, -0.05) is 0 Å². The number of carboxylic acids is 2. The minimum Gasteiger partial charge on any atom is -0.480 e. The first kappa shape index (κ1) is 28.9. The van der Waals surface area contributed by atoms with E-state index >= 15 is 0 Å². The van der Waals surface area contributed by atoms with Crippen LogP contribution in [0.1, 0.15) is 12.8 Å². The lowest BCUT2D eigenvalue weighted by Gasteiger charge is -2.33. The van der Waals surface area contributed by atoms with Gasteiger partial charge in [0, 0.05) is 105 Å². The predicted molar refractivity (Wildman–Crippen MR) is 132 cm³/mol. The van der Waals surface area contributed by atoms with Crippen LogP contribution < -0.4 is 31.9 Å². The van der Waals surface area contributed by atoms with Crippen molar-refractivity contribution in [3.05, 3.63) is 0 Å². The quantitative estimate of drug-likeness (QED) is 0.183. The summed E-state index contributed by atoms with van der Waals surface area (Å²) in [7, 11) is 0. The fraction of sp³-hybridized carbons (Fsp3) is 0.909. The zero-order chi connectivity index (χ0) is 24.4. The lowest BCUT2D eigenvalue weighted by atomic mass is 10.0. The molecule has 12 nitrogen and oxygen atoms in total. The van der Waals surface area contributed by atoms with Crippen molar-refractivity contribution in [2.24, 2.45) is 0 Å². The minimum atomic E-state index is -0.887. The number of carbonyl (C=O) groups is 2. The Bertz CT molecular complexity index is 499. The SMILES string of the molecule is O=C(O)C(CCC(C(=O)O)N1CCNCCNCCNCC1)N1CCNCCNCCNCC1. The first-order valence-electron chi connectivity index (χ1n) is 12.8. The third kappa shape index (κ3) is 11.8. The van der Waals surface area contributed by atoms with Crippen LogP contribution >= 0.6 is 0 Å². The normalized spacial score (nSPS) is 23.9. The summed E-state index contributed by atoms with van der Waals surface area (Å²) in [4.78, 5) is 28.4. The highest BCUT2D eigenvalue weighted by Gasteiger charge is 2.30. The van der Waals surface area contributed by atoms with Gasteiger partial charge in [-0.3, -0.25) is 19.4 Å². The molecule has 0 amide bonds. The fourth-order valence-corrected chi connectivity index (χ4v) is 4.43. The van der Waals surface area contributed by atoms with E-state index in [1.165, 1.54) is 0 Å². The van der Waals surface area contributed by atoms with E-state index < -0.39 is 24.0 Å². The van der Waals surface area contributed by atoms with Crippen LogP contribution in [0.3, 0.4) is 0 Å². The molecule has 0 spiro atoms. The molecule has 2 aliphatic rings. The van der Waals surface area contributed by atoms with Gasteiger partial charge >= 0.3 is 11.9 Å². The van der Waals surface area contributed by atoms with Gasteiger partial charge in [-0.05, 0) is 12.8 Å². The summed E-state index contributed by atoms with van der Waals surface area (Å²) in [6.07, 6.45) is 0.601. The lowest BCUT2D eigenvalue weighted by molar-refractivity contribution is -0.147. The van der Waals surface area contributed by atoms with Crippen LogP contribution in [-0.4, -0.2) is 149 Å². The van der Waals surface area contributed by atoms with Gasteiger partial charge < -0.3 is 42.1 Å². The smallest absolute Gasteiger partial charge is 0.320 e. The second-order valence-electron chi connectivity index (χ2n) is 8.86. The van der Waals surface area contributed by atoms with E-state index in [4.69, 9.17) is 0 Å². The Kier molecular flexibility index (Phi) is 15.2. The molecule has 12 heteroatoms. The van der Waals surface area contributed by atoms with Gasteiger partial charge in [0.15, 0.2) is 0 Å². The van der Waals surface area contributed by atoms with Crippen LogP contribution in [0.5, 0.6) is 0 Å². The number of hydrogen-bond donors (Lipinski definition) is 8. The topological polar surface area (TPSA) is 153 Å². The van der Waals surface area contributed by atoms with Crippen molar-refractivity contribution in [1.29, 1.82) is 0 Å². The molecule has 2 unspecified atom stereocenters. The second-order valence-corrected chi connectivity index (χ2v) is 8.86. The van der Waals surface area contributed by atoms with Crippen LogP contribution in [0.2, 0.25) is 0 Å². The second kappa shape index (κ2) is 18.0. The summed E-state index contributed by atoms with van der Waals surface area (Å²) in [5.41, 5.74) is 0. The van der Waals surface area contributed by atoms with Crippen molar-refractivity contribution in [1.82, 2.24) is 41.7 Å². The maximum atomic E-state index is 12.2. The molecule has 2 fully saturated rings. The molecule has 2 heterocycles. The monoisotopic (exact) mass is 486 g/mol. The molecule has 2 saturated heterocycles. The van der Waals surface area contributed by atoms with Gasteiger partial charge in [-0.15, -0.1) is 0 Å². The third-order valence-electron chi connectivity index (χ3n) is 6.38. The maximum absolute atomic E-state index is 12.2. The molecule has 0 radical (unpaired) electrons. The lowest BCUT2D eigenvalue weighted by Crippen LogP contribution is -2.51. The molecular weight excluding hydrogens is 440 g/mol. The highest BCUT2D eigenvalue weighted by molar-refractivity contribution is 5.75. The molecule has 0 bridgehead atoms. The van der Waals surface area contributed by atoms with Crippen LogP contribution in [-0.2, 0) is 9.59 Å². The number of nitrogens with one attached hydrogen (secondary N) is 6. The van der Waals surface area contributed by atoms with Gasteiger partial charge in [0.1, 0.15) is 12.1 Å². The molecule has 2 aliphatic heterocycles. The molecular formula is C22H46N8O4. The maximum Gasteiger partial charge on any atom is 0.320 e. The van der Waals surface area contributed by atoms with Crippen LogP contribution in [0.4, 0.5) is 0 Å². The average molecular weight is 487 g/mol. The molecule has 0 saturated carbocycles. The van der Waals surface area contributed by atoms with Gasteiger partial charge in [0.05, 0.1) is 0 Å². The molecule has 198 valence electrons. The predicted octanol–water partition coefficient (Wildman–Crippen LogP) is -3.16. The summed E-state index contributed by atoms with van der Waals surface area (Å²) >= 11 is 0. The van der Waals surface area contributed by atoms with Crippen molar-refractivity contribution < 1.29 is 19.8 Å². The molecule has 0 aromatic carbocycles. The molecule has 34 heavy (non-hydrogen) atoms. The summed E-state index contributed by atoms with van der Waals surface area (Å²) in [6.45, 7) is 12.1. The van der Waals surface area contributed by atoms with E-state index in [0.717, 1.165) is 52.4 Å². The van der Waals surface area contributed by atoms with Gasteiger partial charge in [0.25, 0.3) is 0 Å². The summed E-state index contributed by atoms with van der Waals surface area (Å²) in [6, 6.07) is -1.41. The van der Waals surface area contributed by atoms with Gasteiger partial charge in [-0.2, -0.15) is 0 Å². The summed E-state index contributed by atoms with van der Waals surface area (Å²) in [5.74, 6) is -1.77. The first-order valence-corrected chi connectivity index (χ1v) is 12.8. The summed E-state index contributed by atoms with van der Waals surface area (Å²) in [5, 5.41) is 40.1. The first-order chi connectivity index (χ1) is 16.6. The van der Waals surface area contributed by atoms with Crippen molar-refractivity contribution in [3.63, 3.8) is 0 Å². The molecule has 0 aromatic heterocycles. The number of aliphatic carboxylic acids is 2. The summed E-state index contributed by atoms with van der Waals surface area (Å²) < 4.78 is 0. The number of hydrogen-bond acceptors (Lipinski definition) is 10. The van der Waals surface area contributed by atoms with E-state index in [9.17, 15) is 19.8 Å². The molecule has 8 N–H and O–H groups in total. The highest BCUT2D eigenvalue weighted by Crippen LogP contribution is 2.14. The Labute approximate surface area is 203 Å². The van der Waals surface area contributed by atoms with Crippen LogP contribution in [0.15, 0.2) is 0 Å². The average Bonchev–Trinajstić information content (AvgIpc) is 2.78. The van der Waals surface area contributed by atoms with Crippen molar-refractivity contribution in [2.45, 2.75) is 24.9 Å². The minimum absolute atomic E-state index is 0.301. The number of rotatable bonds is 7. The Balaban J connectivity index is 1.99. The van der Waals surface area contributed by atoms with E-state index in [0.29, 0.717) is 65.2 Å². The zero-order valence-corrected chi connectivity index (χ0v) is 20.5. The standard InChI is InChI=1S/C22H46N8O4/c31-21(32)19(29-15-11-25-7-3-23-4-8-26-12-16-29)1-2-20(22(33)34)30-17-13-27-9-5-24-6-10-28-14-18-30/h19-20,23-28H,1-18H2,(H,31,32)(H,33,34). The van der Waals surface area contributed by atoms with Crippen molar-refractivity contribution >= 4 is 11.9 Å². The molecule has 2 rings (SSSR count). The highest BCUT2D eigenvalue weighted by atomic mass is 16.4. The number of carboxylic acid groups (broad SMARTS) is 2. The zero-order valence-electron chi connectivity index (χ0n) is 20.5. The molecule has 0 aliphatic carbocycles. The van der Waals surface area contributed by atoms with Crippen LogP contribution in [0, 0.1) is 0 Å². The third-order valence-corrected chi connectivity index (χ3v) is 6.38. The Hall–Kier alpha value is -1.38. The van der Waals surface area contributed by atoms with E-state index in [2.05, 4.69) is 31.9 Å². The van der Waals surface area contributed by atoms with Gasteiger partial charge in [0.2, 0.25) is 0 Å². The molecule has 0 aromatic rings. The number of nitrogens with zero attached hydrogens (tertiary/aromatic N) is 2. The van der Waals surface area contributed by atoms with E-state index in [1.807, 2.05) is 9.80 Å². The van der Waals surface area contributed by atoms with Crippen molar-refractivity contribution in [2.75, 3.05) is 105 Å².